The normalized spacial score (nSPS) is 13.1. The lowest BCUT2D eigenvalue weighted by molar-refractivity contribution is -0.294. The quantitative estimate of drug-likeness (QED) is 0.542. The molecule has 4 nitrogen and oxygen atoms in total. The largest absolute Gasteiger partial charge is 0.439 e. The van der Waals surface area contributed by atoms with E-state index in [4.69, 9.17) is 0 Å². The van der Waals surface area contributed by atoms with Crippen molar-refractivity contribution in [3.05, 3.63) is 59.9 Å². The Morgan fingerprint density at radius 2 is 1.48 bits per heavy atom. The summed E-state index contributed by atoms with van der Waals surface area (Å²) in [4.78, 5) is 15.4. The van der Waals surface area contributed by atoms with Gasteiger partial charge in [0.15, 0.2) is 0 Å². The van der Waals surface area contributed by atoms with E-state index in [1.54, 1.807) is 0 Å². The van der Waals surface area contributed by atoms with Crippen LogP contribution in [0.4, 0.5) is 45.2 Å². The molecule has 2 aromatic rings. The van der Waals surface area contributed by atoms with Crippen molar-refractivity contribution in [1.29, 1.82) is 0 Å². The Kier molecular flexibility index (Phi) is 5.72. The molecule has 0 saturated heterocycles. The Hall–Kier alpha value is -2.99. The molecule has 0 aliphatic carbocycles. The van der Waals surface area contributed by atoms with E-state index in [-0.39, 0.29) is 6.07 Å². The van der Waals surface area contributed by atoms with Gasteiger partial charge in [-0.15, -0.1) is 0 Å². The summed E-state index contributed by atoms with van der Waals surface area (Å²) in [6, 6.07) is 3.70. The number of hydrogen-bond acceptors (Lipinski definition) is 3. The Morgan fingerprint density at radius 1 is 0.862 bits per heavy atom. The molecule has 0 radical (unpaired) electrons. The number of aromatic nitrogens is 1. The lowest BCUT2D eigenvalue weighted by Crippen LogP contribution is -2.72. The number of rotatable bonds is 4. The van der Waals surface area contributed by atoms with Crippen LogP contribution in [-0.2, 0) is 6.18 Å². The van der Waals surface area contributed by atoms with Crippen molar-refractivity contribution in [2.24, 2.45) is 0 Å². The van der Waals surface area contributed by atoms with Crippen molar-refractivity contribution < 1.29 is 44.3 Å². The predicted molar refractivity (Wildman–Crippen MR) is 81.6 cm³/mol. The number of nitrogens with zero attached hydrogens (tertiary/aromatic N) is 1. The SMILES string of the molecule is O=C(NC(Nc1cccc(C(F)(F)F)c1)(C(F)(F)F)C(F)(F)F)c1cccnc1. The molecule has 0 bridgehead atoms. The van der Waals surface area contributed by atoms with E-state index in [1.165, 1.54) is 0 Å². The molecule has 0 saturated carbocycles. The summed E-state index contributed by atoms with van der Waals surface area (Å²) in [5.41, 5.74) is -8.35. The third-order valence-corrected chi connectivity index (χ3v) is 3.60. The Labute approximate surface area is 156 Å². The molecular weight excluding hydrogens is 421 g/mol. The average molecular weight is 431 g/mol. The van der Waals surface area contributed by atoms with Gasteiger partial charge in [-0.1, -0.05) is 6.07 Å². The smallest absolute Gasteiger partial charge is 0.348 e. The minimum atomic E-state index is -6.18. The van der Waals surface area contributed by atoms with Crippen LogP contribution in [0, 0.1) is 0 Å². The number of amides is 1. The number of pyridine rings is 1. The molecule has 2 N–H and O–H groups in total. The van der Waals surface area contributed by atoms with Gasteiger partial charge in [-0.25, -0.2) is 0 Å². The molecule has 0 aliphatic heterocycles. The number of alkyl halides is 9. The average Bonchev–Trinajstić information content (AvgIpc) is 2.59. The zero-order valence-electron chi connectivity index (χ0n) is 13.9. The predicted octanol–water partition coefficient (Wildman–Crippen LogP) is 4.76. The molecule has 1 aromatic heterocycles. The van der Waals surface area contributed by atoms with Crippen molar-refractivity contribution in [2.45, 2.75) is 24.2 Å². The number of hydrogen-bond donors (Lipinski definition) is 2. The number of carbonyl (C=O) groups excluding carboxylic acids is 1. The van der Waals surface area contributed by atoms with Gasteiger partial charge in [-0.3, -0.25) is 9.78 Å². The van der Waals surface area contributed by atoms with Gasteiger partial charge in [0.05, 0.1) is 11.1 Å². The summed E-state index contributed by atoms with van der Waals surface area (Å²) in [7, 11) is 0. The molecule has 0 atom stereocenters. The van der Waals surface area contributed by atoms with Gasteiger partial charge < -0.3 is 10.6 Å². The first-order valence-corrected chi connectivity index (χ1v) is 7.49. The summed E-state index contributed by atoms with van der Waals surface area (Å²) in [6.07, 6.45) is -15.5. The van der Waals surface area contributed by atoms with Crippen molar-refractivity contribution in [3.63, 3.8) is 0 Å². The maximum absolute atomic E-state index is 13.5. The maximum Gasteiger partial charge on any atom is 0.439 e. The summed E-state index contributed by atoms with van der Waals surface area (Å²) < 4.78 is 119. The van der Waals surface area contributed by atoms with Crippen LogP contribution in [0.2, 0.25) is 0 Å². The van der Waals surface area contributed by atoms with Crippen LogP contribution < -0.4 is 10.6 Å². The molecule has 0 fully saturated rings. The van der Waals surface area contributed by atoms with E-state index < -0.39 is 46.9 Å². The number of halogens is 9. The van der Waals surface area contributed by atoms with Crippen LogP contribution in [-0.4, -0.2) is 28.9 Å². The molecule has 29 heavy (non-hydrogen) atoms. The highest BCUT2D eigenvalue weighted by Gasteiger charge is 2.72. The van der Waals surface area contributed by atoms with Gasteiger partial charge in [0.2, 0.25) is 0 Å². The summed E-state index contributed by atoms with van der Waals surface area (Å²) in [5.74, 6) is -1.80. The van der Waals surface area contributed by atoms with Crippen LogP contribution in [0.1, 0.15) is 15.9 Å². The van der Waals surface area contributed by atoms with Gasteiger partial charge in [-0.05, 0) is 30.3 Å². The molecule has 13 heteroatoms. The minimum Gasteiger partial charge on any atom is -0.348 e. The molecule has 0 aliphatic rings. The molecule has 0 unspecified atom stereocenters. The first-order chi connectivity index (χ1) is 13.2. The lowest BCUT2D eigenvalue weighted by atomic mass is 10.1. The van der Waals surface area contributed by atoms with E-state index in [0.29, 0.717) is 18.2 Å². The fourth-order valence-corrected chi connectivity index (χ4v) is 2.20. The number of anilines is 1. The molecule has 1 amide bonds. The van der Waals surface area contributed by atoms with Gasteiger partial charge in [0, 0.05) is 18.1 Å². The van der Waals surface area contributed by atoms with E-state index in [2.05, 4.69) is 4.98 Å². The van der Waals surface area contributed by atoms with Crippen LogP contribution in [0.3, 0.4) is 0 Å². The molecule has 1 heterocycles. The first-order valence-electron chi connectivity index (χ1n) is 7.49. The van der Waals surface area contributed by atoms with Crippen molar-refractivity contribution >= 4 is 11.6 Å². The Bertz CT molecular complexity index is 846. The van der Waals surface area contributed by atoms with Gasteiger partial charge >= 0.3 is 24.2 Å². The zero-order valence-corrected chi connectivity index (χ0v) is 13.9. The van der Waals surface area contributed by atoms with E-state index >= 15 is 0 Å². The van der Waals surface area contributed by atoms with E-state index in [9.17, 15) is 44.3 Å². The topological polar surface area (TPSA) is 54.0 Å². The molecule has 0 spiro atoms. The van der Waals surface area contributed by atoms with Gasteiger partial charge in [0.1, 0.15) is 0 Å². The molecule has 2 rings (SSSR count). The fraction of sp³-hybridized carbons (Fsp3) is 0.250. The standard InChI is InChI=1S/C16H10F9N3O/c17-13(18,19)10-4-1-5-11(7-10)27-14(15(20,21)22,16(23,24)25)28-12(29)9-3-2-6-26-8-9/h1-8,27H,(H,28,29). The first kappa shape index (κ1) is 22.3. The van der Waals surface area contributed by atoms with E-state index in [0.717, 1.165) is 35.2 Å². The van der Waals surface area contributed by atoms with E-state index in [1.807, 2.05) is 0 Å². The lowest BCUT2D eigenvalue weighted by Gasteiger charge is -2.39. The second-order valence-corrected chi connectivity index (χ2v) is 5.64. The number of benzene rings is 1. The zero-order chi connectivity index (χ0) is 22.1. The van der Waals surface area contributed by atoms with Gasteiger partial charge in [0.25, 0.3) is 5.91 Å². The monoisotopic (exact) mass is 431 g/mol. The second-order valence-electron chi connectivity index (χ2n) is 5.64. The Balaban J connectivity index is 2.55. The van der Waals surface area contributed by atoms with Crippen molar-refractivity contribution in [3.8, 4) is 0 Å². The van der Waals surface area contributed by atoms with Gasteiger partial charge in [-0.2, -0.15) is 39.5 Å². The van der Waals surface area contributed by atoms with Crippen LogP contribution in [0.25, 0.3) is 0 Å². The summed E-state index contributed by atoms with van der Waals surface area (Å²) in [5, 5.41) is 1.80. The maximum atomic E-state index is 13.5. The van der Waals surface area contributed by atoms with Crippen LogP contribution in [0.15, 0.2) is 48.8 Å². The molecular formula is C16H10F9N3O. The Morgan fingerprint density at radius 3 is 1.97 bits per heavy atom. The van der Waals surface area contributed by atoms with Crippen LogP contribution in [0.5, 0.6) is 0 Å². The number of nitrogens with one attached hydrogen (secondary N) is 2. The highest BCUT2D eigenvalue weighted by Crippen LogP contribution is 2.44. The summed E-state index contributed by atoms with van der Waals surface area (Å²) in [6.45, 7) is 0. The van der Waals surface area contributed by atoms with Crippen molar-refractivity contribution in [1.82, 2.24) is 10.3 Å². The second kappa shape index (κ2) is 7.44. The molecule has 1 aromatic carbocycles. The fourth-order valence-electron chi connectivity index (χ4n) is 2.20. The third kappa shape index (κ3) is 4.71. The molecule has 158 valence electrons. The minimum absolute atomic E-state index is 0.0580. The van der Waals surface area contributed by atoms with Crippen molar-refractivity contribution in [2.75, 3.05) is 5.32 Å². The third-order valence-electron chi connectivity index (χ3n) is 3.60. The number of carbonyl (C=O) groups is 1. The van der Waals surface area contributed by atoms with Crippen LogP contribution >= 0.6 is 0 Å². The highest BCUT2D eigenvalue weighted by molar-refractivity contribution is 5.94. The highest BCUT2D eigenvalue weighted by atomic mass is 19.4. The summed E-state index contributed by atoms with van der Waals surface area (Å²) >= 11 is 0.